The highest BCUT2D eigenvalue weighted by atomic mass is 16.5. The van der Waals surface area contributed by atoms with Gasteiger partial charge in [0.15, 0.2) is 0 Å². The van der Waals surface area contributed by atoms with Crippen LogP contribution in [0.15, 0.2) is 0 Å². The molecule has 2 amide bonds. The second-order valence-electron chi connectivity index (χ2n) is 5.15. The second kappa shape index (κ2) is 6.34. The number of ether oxygens (including phenoxy) is 1. The average molecular weight is 269 g/mol. The number of nitrogens with zero attached hydrogens (tertiary/aromatic N) is 1. The average Bonchev–Trinajstić information content (AvgIpc) is 2.84. The van der Waals surface area contributed by atoms with Crippen LogP contribution in [-0.4, -0.2) is 61.6 Å². The van der Waals surface area contributed by atoms with Crippen molar-refractivity contribution < 1.29 is 14.3 Å². The van der Waals surface area contributed by atoms with Crippen molar-refractivity contribution in [3.8, 4) is 0 Å². The smallest absolute Gasteiger partial charge is 0.245 e. The van der Waals surface area contributed by atoms with E-state index < -0.39 is 6.04 Å². The summed E-state index contributed by atoms with van der Waals surface area (Å²) in [5.74, 6) is -0.0544. The van der Waals surface area contributed by atoms with Gasteiger partial charge in [-0.05, 0) is 26.8 Å². The number of morpholine rings is 1. The van der Waals surface area contributed by atoms with Crippen molar-refractivity contribution in [3.63, 3.8) is 0 Å². The number of carbonyl (C=O) groups is 2. The monoisotopic (exact) mass is 269 g/mol. The lowest BCUT2D eigenvalue weighted by atomic mass is 9.99. The summed E-state index contributed by atoms with van der Waals surface area (Å²) < 4.78 is 5.35. The summed E-state index contributed by atoms with van der Waals surface area (Å²) in [5.41, 5.74) is 0. The molecule has 3 atom stereocenters. The Bertz CT molecular complexity index is 348. The molecule has 2 fully saturated rings. The number of hydrogen-bond acceptors (Lipinski definition) is 4. The van der Waals surface area contributed by atoms with Gasteiger partial charge in [-0.25, -0.2) is 0 Å². The Kier molecular flexibility index (Phi) is 4.76. The number of rotatable bonds is 3. The first-order valence-corrected chi connectivity index (χ1v) is 7.04. The van der Waals surface area contributed by atoms with Crippen LogP contribution in [0.25, 0.3) is 0 Å². The maximum atomic E-state index is 12.6. The van der Waals surface area contributed by atoms with Gasteiger partial charge in [0, 0.05) is 19.1 Å². The van der Waals surface area contributed by atoms with Crippen LogP contribution in [0.2, 0.25) is 0 Å². The molecule has 2 aliphatic rings. The van der Waals surface area contributed by atoms with E-state index >= 15 is 0 Å². The highest BCUT2D eigenvalue weighted by molar-refractivity contribution is 5.89. The summed E-state index contributed by atoms with van der Waals surface area (Å²) in [7, 11) is 0. The first-order valence-electron chi connectivity index (χ1n) is 7.04. The number of nitrogens with one attached hydrogen (secondary N) is 2. The van der Waals surface area contributed by atoms with Crippen LogP contribution < -0.4 is 10.6 Å². The van der Waals surface area contributed by atoms with Crippen LogP contribution in [0.3, 0.4) is 0 Å². The molecule has 3 unspecified atom stereocenters. The lowest BCUT2D eigenvalue weighted by Crippen LogP contribution is -2.57. The molecular weight excluding hydrogens is 246 g/mol. The quantitative estimate of drug-likeness (QED) is 0.714. The molecule has 2 aliphatic heterocycles. The number of likely N-dealkylation sites (N-methyl/N-ethyl adjacent to an activating group) is 1. The Morgan fingerprint density at radius 1 is 1.47 bits per heavy atom. The molecule has 2 rings (SSSR count). The predicted octanol–water partition coefficient (Wildman–Crippen LogP) is -0.652. The van der Waals surface area contributed by atoms with Gasteiger partial charge >= 0.3 is 0 Å². The van der Waals surface area contributed by atoms with Crippen LogP contribution in [0.4, 0.5) is 0 Å². The van der Waals surface area contributed by atoms with E-state index in [0.717, 1.165) is 13.0 Å². The van der Waals surface area contributed by atoms with Crippen LogP contribution in [0, 0.1) is 5.92 Å². The summed E-state index contributed by atoms with van der Waals surface area (Å²) in [6.45, 7) is 6.65. The van der Waals surface area contributed by atoms with Crippen LogP contribution in [0.1, 0.15) is 20.3 Å². The SMILES string of the molecule is CCNC(=O)C1COCCN1C(=O)C1CCNC1C. The fourth-order valence-electron chi connectivity index (χ4n) is 2.79. The van der Waals surface area contributed by atoms with E-state index in [4.69, 9.17) is 4.74 Å². The molecular formula is C13H23N3O3. The second-order valence-corrected chi connectivity index (χ2v) is 5.15. The number of amides is 2. The number of carbonyl (C=O) groups excluding carboxylic acids is 2. The molecule has 0 aliphatic carbocycles. The summed E-state index contributed by atoms with van der Waals surface area (Å²) in [6.07, 6.45) is 0.847. The maximum absolute atomic E-state index is 12.6. The molecule has 6 nitrogen and oxygen atoms in total. The highest BCUT2D eigenvalue weighted by Gasteiger charge is 2.39. The third kappa shape index (κ3) is 3.06. The van der Waals surface area contributed by atoms with Crippen LogP contribution in [0.5, 0.6) is 0 Å². The normalized spacial score (nSPS) is 31.3. The summed E-state index contributed by atoms with van der Waals surface area (Å²) in [4.78, 5) is 26.3. The minimum Gasteiger partial charge on any atom is -0.377 e. The molecule has 6 heteroatoms. The van der Waals surface area contributed by atoms with Gasteiger partial charge in [-0.15, -0.1) is 0 Å². The zero-order valence-electron chi connectivity index (χ0n) is 11.6. The molecule has 0 bridgehead atoms. The first kappa shape index (κ1) is 14.3. The van der Waals surface area contributed by atoms with Crippen molar-refractivity contribution in [3.05, 3.63) is 0 Å². The zero-order valence-corrected chi connectivity index (χ0v) is 11.6. The van der Waals surface area contributed by atoms with Crippen molar-refractivity contribution in [2.75, 3.05) is 32.8 Å². The van der Waals surface area contributed by atoms with E-state index in [1.165, 1.54) is 0 Å². The van der Waals surface area contributed by atoms with Crippen molar-refractivity contribution in [2.45, 2.75) is 32.4 Å². The Morgan fingerprint density at radius 3 is 2.89 bits per heavy atom. The van der Waals surface area contributed by atoms with E-state index in [0.29, 0.717) is 26.3 Å². The molecule has 2 saturated heterocycles. The Labute approximate surface area is 113 Å². The Balaban J connectivity index is 2.06. The molecule has 0 spiro atoms. The molecule has 2 heterocycles. The van der Waals surface area contributed by atoms with Crippen LogP contribution in [-0.2, 0) is 14.3 Å². The van der Waals surface area contributed by atoms with Gasteiger partial charge in [0.25, 0.3) is 0 Å². The van der Waals surface area contributed by atoms with Gasteiger partial charge in [-0.2, -0.15) is 0 Å². The minimum atomic E-state index is -0.478. The third-order valence-corrected chi connectivity index (χ3v) is 3.91. The number of hydrogen-bond donors (Lipinski definition) is 2. The maximum Gasteiger partial charge on any atom is 0.245 e. The molecule has 2 N–H and O–H groups in total. The molecule has 0 aromatic carbocycles. The first-order chi connectivity index (χ1) is 9.15. The fraction of sp³-hybridized carbons (Fsp3) is 0.846. The van der Waals surface area contributed by atoms with Gasteiger partial charge in [0.1, 0.15) is 6.04 Å². The topological polar surface area (TPSA) is 70.7 Å². The van der Waals surface area contributed by atoms with Gasteiger partial charge < -0.3 is 20.3 Å². The predicted molar refractivity (Wildman–Crippen MR) is 70.6 cm³/mol. The summed E-state index contributed by atoms with van der Waals surface area (Å²) in [6, 6.07) is -0.292. The molecule has 0 saturated carbocycles. The lowest BCUT2D eigenvalue weighted by Gasteiger charge is -2.36. The third-order valence-electron chi connectivity index (χ3n) is 3.91. The van der Waals surface area contributed by atoms with Crippen molar-refractivity contribution in [2.24, 2.45) is 5.92 Å². The van der Waals surface area contributed by atoms with Gasteiger partial charge in [0.05, 0.1) is 19.1 Å². The summed E-state index contributed by atoms with van der Waals surface area (Å²) >= 11 is 0. The van der Waals surface area contributed by atoms with Crippen molar-refractivity contribution >= 4 is 11.8 Å². The van der Waals surface area contributed by atoms with Crippen molar-refractivity contribution in [1.82, 2.24) is 15.5 Å². The lowest BCUT2D eigenvalue weighted by molar-refractivity contribution is -0.151. The largest absolute Gasteiger partial charge is 0.377 e. The fourth-order valence-corrected chi connectivity index (χ4v) is 2.79. The van der Waals surface area contributed by atoms with Gasteiger partial charge in [-0.3, -0.25) is 9.59 Å². The molecule has 0 aromatic heterocycles. The van der Waals surface area contributed by atoms with E-state index in [9.17, 15) is 9.59 Å². The molecule has 0 radical (unpaired) electrons. The minimum absolute atomic E-state index is 0.0185. The molecule has 0 aromatic rings. The van der Waals surface area contributed by atoms with E-state index in [2.05, 4.69) is 10.6 Å². The Hall–Kier alpha value is -1.14. The van der Waals surface area contributed by atoms with Crippen LogP contribution >= 0.6 is 0 Å². The van der Waals surface area contributed by atoms with E-state index in [1.54, 1.807) is 4.90 Å². The Morgan fingerprint density at radius 2 is 2.26 bits per heavy atom. The van der Waals surface area contributed by atoms with E-state index in [1.807, 2.05) is 13.8 Å². The van der Waals surface area contributed by atoms with Crippen molar-refractivity contribution in [1.29, 1.82) is 0 Å². The van der Waals surface area contributed by atoms with E-state index in [-0.39, 0.29) is 23.8 Å². The zero-order chi connectivity index (χ0) is 13.8. The highest BCUT2D eigenvalue weighted by Crippen LogP contribution is 2.21. The molecule has 19 heavy (non-hydrogen) atoms. The van der Waals surface area contributed by atoms with Gasteiger partial charge in [0.2, 0.25) is 11.8 Å². The molecule has 108 valence electrons. The standard InChI is InChI=1S/C13H23N3O3/c1-3-14-12(17)11-8-19-7-6-16(11)13(18)10-4-5-15-9(10)2/h9-11,15H,3-8H2,1-2H3,(H,14,17). The van der Waals surface area contributed by atoms with Gasteiger partial charge in [-0.1, -0.05) is 0 Å². The summed E-state index contributed by atoms with van der Waals surface area (Å²) in [5, 5.41) is 6.05.